The molecule has 2 N–H and O–H groups in total. The summed E-state index contributed by atoms with van der Waals surface area (Å²) in [5.74, 6) is 1.33. The van der Waals surface area contributed by atoms with Crippen LogP contribution in [-0.2, 0) is 5.41 Å². The standard InChI is InChI=1S/C10H14N2O2S/c1-10(2-4-15-5-3-10)7-6-11-8(12-7)9(13)14/h6H,2-5H2,1H3,(H,11,12)(H,13,14). The van der Waals surface area contributed by atoms with E-state index in [1.54, 1.807) is 6.20 Å². The number of aromatic amines is 1. The third kappa shape index (κ3) is 2.02. The Hall–Kier alpha value is -0.970. The van der Waals surface area contributed by atoms with Gasteiger partial charge in [-0.15, -0.1) is 0 Å². The zero-order valence-electron chi connectivity index (χ0n) is 8.62. The SMILES string of the molecule is CC1(c2cnc(C(=O)O)[nH]2)CCSCC1. The first-order valence-corrected chi connectivity index (χ1v) is 6.14. The predicted octanol–water partition coefficient (Wildman–Crippen LogP) is 1.89. The second-order valence-corrected chi connectivity index (χ2v) is 5.35. The third-order valence-corrected chi connectivity index (χ3v) is 4.01. The van der Waals surface area contributed by atoms with Crippen molar-refractivity contribution in [2.75, 3.05) is 11.5 Å². The minimum Gasteiger partial charge on any atom is -0.475 e. The molecule has 82 valence electrons. The molecule has 1 aromatic heterocycles. The number of H-pyrrole nitrogens is 1. The molecule has 0 unspecified atom stereocenters. The summed E-state index contributed by atoms with van der Waals surface area (Å²) in [6.07, 6.45) is 3.83. The highest BCUT2D eigenvalue weighted by Crippen LogP contribution is 2.36. The van der Waals surface area contributed by atoms with E-state index in [1.807, 2.05) is 11.8 Å². The highest BCUT2D eigenvalue weighted by molar-refractivity contribution is 7.99. The zero-order valence-corrected chi connectivity index (χ0v) is 9.43. The summed E-state index contributed by atoms with van der Waals surface area (Å²) in [5, 5.41) is 8.78. The first-order chi connectivity index (χ1) is 7.12. The molecule has 1 aliphatic heterocycles. The van der Waals surface area contributed by atoms with E-state index in [-0.39, 0.29) is 11.2 Å². The molecule has 0 radical (unpaired) electrons. The Bertz CT molecular complexity index is 369. The van der Waals surface area contributed by atoms with Gasteiger partial charge >= 0.3 is 5.97 Å². The van der Waals surface area contributed by atoms with E-state index in [9.17, 15) is 4.79 Å². The summed E-state index contributed by atoms with van der Waals surface area (Å²) in [6.45, 7) is 2.17. The molecule has 1 saturated heterocycles. The molecule has 1 aliphatic rings. The lowest BCUT2D eigenvalue weighted by Crippen LogP contribution is -2.27. The van der Waals surface area contributed by atoms with Crippen LogP contribution in [0.15, 0.2) is 6.20 Å². The number of carboxylic acids is 1. The molecular formula is C10H14N2O2S. The van der Waals surface area contributed by atoms with Crippen molar-refractivity contribution in [1.29, 1.82) is 0 Å². The molecule has 0 aliphatic carbocycles. The van der Waals surface area contributed by atoms with Gasteiger partial charge < -0.3 is 10.1 Å². The third-order valence-electron chi connectivity index (χ3n) is 3.02. The van der Waals surface area contributed by atoms with Crippen LogP contribution >= 0.6 is 11.8 Å². The number of thioether (sulfide) groups is 1. The fourth-order valence-electron chi connectivity index (χ4n) is 1.83. The zero-order chi connectivity index (χ0) is 10.9. The van der Waals surface area contributed by atoms with Crippen LogP contribution in [0.1, 0.15) is 36.1 Å². The summed E-state index contributed by atoms with van der Waals surface area (Å²) >= 11 is 1.95. The van der Waals surface area contributed by atoms with E-state index in [2.05, 4.69) is 16.9 Å². The van der Waals surface area contributed by atoms with Crippen LogP contribution in [0.3, 0.4) is 0 Å². The van der Waals surface area contributed by atoms with Crippen molar-refractivity contribution in [3.05, 3.63) is 17.7 Å². The number of nitrogens with one attached hydrogen (secondary N) is 1. The molecule has 0 aromatic carbocycles. The van der Waals surface area contributed by atoms with Crippen LogP contribution in [0.25, 0.3) is 0 Å². The number of rotatable bonds is 2. The molecule has 5 heteroatoms. The smallest absolute Gasteiger partial charge is 0.371 e. The molecule has 0 spiro atoms. The Morgan fingerprint density at radius 3 is 2.80 bits per heavy atom. The van der Waals surface area contributed by atoms with E-state index >= 15 is 0 Å². The van der Waals surface area contributed by atoms with Gasteiger partial charge in [0.1, 0.15) is 0 Å². The quantitative estimate of drug-likeness (QED) is 0.808. The molecule has 2 rings (SSSR count). The van der Waals surface area contributed by atoms with Crippen molar-refractivity contribution in [1.82, 2.24) is 9.97 Å². The number of imidazole rings is 1. The van der Waals surface area contributed by atoms with Gasteiger partial charge in [0.05, 0.1) is 0 Å². The normalized spacial score (nSPS) is 20.1. The molecule has 2 heterocycles. The van der Waals surface area contributed by atoms with E-state index in [1.165, 1.54) is 0 Å². The molecule has 4 nitrogen and oxygen atoms in total. The number of aromatic carboxylic acids is 1. The highest BCUT2D eigenvalue weighted by Gasteiger charge is 2.31. The van der Waals surface area contributed by atoms with Gasteiger partial charge in [0.2, 0.25) is 5.82 Å². The van der Waals surface area contributed by atoms with Crippen LogP contribution in [0.4, 0.5) is 0 Å². The molecule has 0 atom stereocenters. The number of hydrogen-bond acceptors (Lipinski definition) is 3. The van der Waals surface area contributed by atoms with Crippen molar-refractivity contribution in [3.63, 3.8) is 0 Å². The summed E-state index contributed by atoms with van der Waals surface area (Å²) < 4.78 is 0. The van der Waals surface area contributed by atoms with Crippen molar-refractivity contribution in [3.8, 4) is 0 Å². The van der Waals surface area contributed by atoms with Gasteiger partial charge in [0.25, 0.3) is 0 Å². The van der Waals surface area contributed by atoms with E-state index in [0.29, 0.717) is 0 Å². The fourth-order valence-corrected chi connectivity index (χ4v) is 3.22. The Morgan fingerprint density at radius 1 is 1.60 bits per heavy atom. The topological polar surface area (TPSA) is 66.0 Å². The van der Waals surface area contributed by atoms with Gasteiger partial charge in [-0.2, -0.15) is 11.8 Å². The van der Waals surface area contributed by atoms with Gasteiger partial charge in [-0.3, -0.25) is 0 Å². The van der Waals surface area contributed by atoms with Crippen molar-refractivity contribution >= 4 is 17.7 Å². The summed E-state index contributed by atoms with van der Waals surface area (Å²) in [6, 6.07) is 0. The van der Waals surface area contributed by atoms with E-state index in [4.69, 9.17) is 5.11 Å². The Morgan fingerprint density at radius 2 is 2.27 bits per heavy atom. The van der Waals surface area contributed by atoms with Crippen LogP contribution < -0.4 is 0 Å². The maximum atomic E-state index is 10.7. The van der Waals surface area contributed by atoms with Crippen molar-refractivity contribution < 1.29 is 9.90 Å². The molecular weight excluding hydrogens is 212 g/mol. The predicted molar refractivity (Wildman–Crippen MR) is 59.5 cm³/mol. The lowest BCUT2D eigenvalue weighted by molar-refractivity contribution is 0.0684. The molecule has 0 amide bonds. The fraction of sp³-hybridized carbons (Fsp3) is 0.600. The average molecular weight is 226 g/mol. The molecule has 1 aromatic rings. The van der Waals surface area contributed by atoms with Crippen LogP contribution in [0.2, 0.25) is 0 Å². The van der Waals surface area contributed by atoms with Gasteiger partial charge in [-0.1, -0.05) is 6.92 Å². The van der Waals surface area contributed by atoms with Gasteiger partial charge in [-0.25, -0.2) is 9.78 Å². The summed E-state index contributed by atoms with van der Waals surface area (Å²) in [5.41, 5.74) is 1.03. The van der Waals surface area contributed by atoms with E-state index < -0.39 is 5.97 Å². The Balaban J connectivity index is 2.23. The Kier molecular flexibility index (Phi) is 2.73. The highest BCUT2D eigenvalue weighted by atomic mass is 32.2. The molecule has 0 saturated carbocycles. The maximum absolute atomic E-state index is 10.7. The Labute approximate surface area is 92.5 Å². The first-order valence-electron chi connectivity index (χ1n) is 4.98. The average Bonchev–Trinajstić information content (AvgIpc) is 2.68. The van der Waals surface area contributed by atoms with Crippen molar-refractivity contribution in [2.45, 2.75) is 25.2 Å². The van der Waals surface area contributed by atoms with E-state index in [0.717, 1.165) is 30.0 Å². The number of carboxylic acid groups (broad SMARTS) is 1. The van der Waals surface area contributed by atoms with Gasteiger partial charge in [0, 0.05) is 17.3 Å². The molecule has 1 fully saturated rings. The second-order valence-electron chi connectivity index (χ2n) is 4.12. The van der Waals surface area contributed by atoms with Gasteiger partial charge in [-0.05, 0) is 24.3 Å². The lowest BCUT2D eigenvalue weighted by atomic mass is 9.81. The van der Waals surface area contributed by atoms with Crippen LogP contribution in [-0.4, -0.2) is 32.5 Å². The minimum absolute atomic E-state index is 0.0458. The summed E-state index contributed by atoms with van der Waals surface area (Å²) in [4.78, 5) is 17.5. The van der Waals surface area contributed by atoms with Gasteiger partial charge in [0.15, 0.2) is 0 Å². The number of hydrogen-bond donors (Lipinski definition) is 2. The molecule has 0 bridgehead atoms. The largest absolute Gasteiger partial charge is 0.475 e. The van der Waals surface area contributed by atoms with Crippen LogP contribution in [0, 0.1) is 0 Å². The summed E-state index contributed by atoms with van der Waals surface area (Å²) in [7, 11) is 0. The van der Waals surface area contributed by atoms with Crippen molar-refractivity contribution in [2.24, 2.45) is 0 Å². The first kappa shape index (κ1) is 10.5. The molecule has 15 heavy (non-hydrogen) atoms. The number of carbonyl (C=O) groups is 1. The second kappa shape index (κ2) is 3.89. The van der Waals surface area contributed by atoms with Crippen LogP contribution in [0.5, 0.6) is 0 Å². The monoisotopic (exact) mass is 226 g/mol. The minimum atomic E-state index is -0.991. The maximum Gasteiger partial charge on any atom is 0.371 e. The number of nitrogens with zero attached hydrogens (tertiary/aromatic N) is 1. The number of aromatic nitrogens is 2. The lowest BCUT2D eigenvalue weighted by Gasteiger charge is -2.31.